The summed E-state index contributed by atoms with van der Waals surface area (Å²) in [7, 11) is 0. The van der Waals surface area contributed by atoms with Crippen LogP contribution >= 0.6 is 11.8 Å². The van der Waals surface area contributed by atoms with Gasteiger partial charge in [0.25, 0.3) is 0 Å². The summed E-state index contributed by atoms with van der Waals surface area (Å²) in [6.45, 7) is 6.80. The first-order chi connectivity index (χ1) is 12.4. The molecule has 1 unspecified atom stereocenters. The molecular formula is C18H23N3O4S. The van der Waals surface area contributed by atoms with Gasteiger partial charge in [0.15, 0.2) is 5.17 Å². The Labute approximate surface area is 156 Å². The van der Waals surface area contributed by atoms with Gasteiger partial charge in [-0.1, -0.05) is 25.1 Å². The van der Waals surface area contributed by atoms with Gasteiger partial charge in [0.2, 0.25) is 5.91 Å². The highest BCUT2D eigenvalue weighted by molar-refractivity contribution is 8.15. The molecule has 0 aromatic heterocycles. The lowest BCUT2D eigenvalue weighted by atomic mass is 10.1. The zero-order chi connectivity index (χ0) is 19.1. The first kappa shape index (κ1) is 20.0. The number of nitrogens with zero attached hydrogens (tertiary/aromatic N) is 2. The molecular weight excluding hydrogens is 354 g/mol. The molecule has 1 heterocycles. The molecule has 1 atom stereocenters. The van der Waals surface area contributed by atoms with E-state index in [4.69, 9.17) is 9.84 Å². The van der Waals surface area contributed by atoms with Crippen molar-refractivity contribution in [2.24, 2.45) is 10.2 Å². The van der Waals surface area contributed by atoms with Gasteiger partial charge in [-0.25, -0.2) is 0 Å². The number of hydrogen-bond donors (Lipinski definition) is 2. The molecule has 0 aliphatic carbocycles. The number of aliphatic carboxylic acids is 1. The number of amides is 1. The maximum absolute atomic E-state index is 11.6. The molecule has 2 N–H and O–H groups in total. The number of unbranched alkanes of at least 4 members (excludes halogenated alkanes) is 1. The highest BCUT2D eigenvalue weighted by Gasteiger charge is 2.32. The zero-order valence-corrected chi connectivity index (χ0v) is 15.9. The topological polar surface area (TPSA) is 100 Å². The van der Waals surface area contributed by atoms with Crippen molar-refractivity contribution in [2.45, 2.75) is 45.3 Å². The van der Waals surface area contributed by atoms with E-state index in [-0.39, 0.29) is 12.3 Å². The minimum absolute atomic E-state index is 0.239. The van der Waals surface area contributed by atoms with E-state index in [1.807, 2.05) is 26.0 Å². The summed E-state index contributed by atoms with van der Waals surface area (Å²) in [5.74, 6) is -0.474. The third-order valence-electron chi connectivity index (χ3n) is 3.72. The average Bonchev–Trinajstić information content (AvgIpc) is 2.89. The number of ether oxygens (including phenoxy) is 1. The Hall–Kier alpha value is -2.35. The molecule has 0 saturated carbocycles. The van der Waals surface area contributed by atoms with Crippen LogP contribution in [0.4, 0.5) is 0 Å². The Morgan fingerprint density at radius 1 is 1.38 bits per heavy atom. The van der Waals surface area contributed by atoms with Crippen LogP contribution in [-0.2, 0) is 9.59 Å². The summed E-state index contributed by atoms with van der Waals surface area (Å²) < 4.78 is 5.83. The highest BCUT2D eigenvalue weighted by atomic mass is 32.2. The van der Waals surface area contributed by atoms with Crippen LogP contribution in [0.15, 0.2) is 22.3 Å². The van der Waals surface area contributed by atoms with Gasteiger partial charge in [-0.05, 0) is 49.1 Å². The minimum atomic E-state index is -1.02. The van der Waals surface area contributed by atoms with Crippen LogP contribution in [0.25, 0.3) is 0 Å². The van der Waals surface area contributed by atoms with E-state index in [1.165, 1.54) is 0 Å². The number of amidine groups is 1. The predicted octanol–water partition coefficient (Wildman–Crippen LogP) is 2.88. The van der Waals surface area contributed by atoms with Crippen LogP contribution in [-0.4, -0.2) is 40.2 Å². The Morgan fingerprint density at radius 3 is 2.69 bits per heavy atom. The van der Waals surface area contributed by atoms with Crippen LogP contribution in [0, 0.1) is 13.8 Å². The third kappa shape index (κ3) is 5.59. The summed E-state index contributed by atoms with van der Waals surface area (Å²) >= 11 is 1.08. The van der Waals surface area contributed by atoms with Gasteiger partial charge < -0.3 is 15.2 Å². The van der Waals surface area contributed by atoms with E-state index in [0.717, 1.165) is 47.0 Å². The highest BCUT2D eigenvalue weighted by Crippen LogP contribution is 2.25. The van der Waals surface area contributed by atoms with E-state index < -0.39 is 11.2 Å². The average molecular weight is 377 g/mol. The second-order valence-electron chi connectivity index (χ2n) is 6.03. The van der Waals surface area contributed by atoms with Gasteiger partial charge in [0, 0.05) is 0 Å². The molecule has 2 rings (SSSR count). The van der Waals surface area contributed by atoms with Crippen molar-refractivity contribution in [1.29, 1.82) is 0 Å². The monoisotopic (exact) mass is 377 g/mol. The van der Waals surface area contributed by atoms with Crippen LogP contribution < -0.4 is 10.1 Å². The molecule has 7 nitrogen and oxygen atoms in total. The molecule has 26 heavy (non-hydrogen) atoms. The maximum Gasteiger partial charge on any atom is 0.305 e. The van der Waals surface area contributed by atoms with Crippen LogP contribution in [0.3, 0.4) is 0 Å². The molecule has 1 saturated heterocycles. The van der Waals surface area contributed by atoms with E-state index in [0.29, 0.717) is 11.8 Å². The van der Waals surface area contributed by atoms with E-state index in [1.54, 1.807) is 6.21 Å². The minimum Gasteiger partial charge on any atom is -0.493 e. The number of carboxylic acid groups (broad SMARTS) is 1. The molecule has 1 aromatic carbocycles. The lowest BCUT2D eigenvalue weighted by Gasteiger charge is -2.12. The molecule has 0 bridgehead atoms. The zero-order valence-electron chi connectivity index (χ0n) is 15.1. The smallest absolute Gasteiger partial charge is 0.305 e. The first-order valence-electron chi connectivity index (χ1n) is 8.45. The molecule has 1 aliphatic rings. The summed E-state index contributed by atoms with van der Waals surface area (Å²) in [5.41, 5.74) is 2.93. The summed E-state index contributed by atoms with van der Waals surface area (Å²) in [6.07, 6.45) is 3.47. The molecule has 1 aromatic rings. The molecule has 1 fully saturated rings. The number of carbonyl (C=O) groups is 2. The second-order valence-corrected chi connectivity index (χ2v) is 7.22. The standard InChI is InChI=1S/C18H23N3O4S/c1-4-5-6-25-16-11(2)7-13(8-12(16)3)10-19-21-18-20-17(24)14(26-18)9-15(22)23/h7-8,10,14H,4-6,9H2,1-3H3,(H,22,23)(H,20,21,24). The molecule has 0 spiro atoms. The number of carbonyl (C=O) groups excluding carboxylic acids is 1. The molecule has 140 valence electrons. The fourth-order valence-corrected chi connectivity index (χ4v) is 3.41. The van der Waals surface area contributed by atoms with Crippen LogP contribution in [0.1, 0.15) is 42.9 Å². The van der Waals surface area contributed by atoms with Gasteiger partial charge in [-0.2, -0.15) is 5.10 Å². The van der Waals surface area contributed by atoms with Crippen molar-refractivity contribution in [1.82, 2.24) is 5.32 Å². The lowest BCUT2D eigenvalue weighted by Crippen LogP contribution is -2.26. The predicted molar refractivity (Wildman–Crippen MR) is 103 cm³/mol. The summed E-state index contributed by atoms with van der Waals surface area (Å²) in [5, 5.41) is 18.9. The van der Waals surface area contributed by atoms with E-state index in [9.17, 15) is 9.59 Å². The number of benzene rings is 1. The van der Waals surface area contributed by atoms with Crippen molar-refractivity contribution in [3.63, 3.8) is 0 Å². The Bertz CT molecular complexity index is 723. The molecule has 8 heteroatoms. The SMILES string of the molecule is CCCCOc1c(C)cc(C=NN=C2NC(=O)C(CC(=O)O)S2)cc1C. The first-order valence-corrected chi connectivity index (χ1v) is 9.33. The normalized spacial score (nSPS) is 18.5. The molecule has 1 aliphatic heterocycles. The van der Waals surface area contributed by atoms with Crippen molar-refractivity contribution in [2.75, 3.05) is 6.61 Å². The maximum atomic E-state index is 11.6. The summed E-state index contributed by atoms with van der Waals surface area (Å²) in [4.78, 5) is 22.4. The van der Waals surface area contributed by atoms with E-state index >= 15 is 0 Å². The largest absolute Gasteiger partial charge is 0.493 e. The van der Waals surface area contributed by atoms with Gasteiger partial charge in [-0.3, -0.25) is 9.59 Å². The van der Waals surface area contributed by atoms with Crippen LogP contribution in [0.5, 0.6) is 5.75 Å². The molecule has 0 radical (unpaired) electrons. The number of nitrogens with one attached hydrogen (secondary N) is 1. The second kappa shape index (κ2) is 9.38. The van der Waals surface area contributed by atoms with Gasteiger partial charge >= 0.3 is 5.97 Å². The van der Waals surface area contributed by atoms with Gasteiger partial charge in [0.1, 0.15) is 11.0 Å². The van der Waals surface area contributed by atoms with Crippen molar-refractivity contribution >= 4 is 35.0 Å². The number of aryl methyl sites for hydroxylation is 2. The number of rotatable bonds is 8. The Balaban J connectivity index is 2.02. The van der Waals surface area contributed by atoms with Crippen molar-refractivity contribution < 1.29 is 19.4 Å². The van der Waals surface area contributed by atoms with Crippen molar-refractivity contribution in [3.05, 3.63) is 28.8 Å². The van der Waals surface area contributed by atoms with Gasteiger partial charge in [0.05, 0.1) is 19.2 Å². The van der Waals surface area contributed by atoms with Crippen molar-refractivity contribution in [3.8, 4) is 5.75 Å². The lowest BCUT2D eigenvalue weighted by molar-refractivity contribution is -0.138. The molecule has 1 amide bonds. The Kier molecular flexibility index (Phi) is 7.20. The van der Waals surface area contributed by atoms with Crippen LogP contribution in [0.2, 0.25) is 0 Å². The fourth-order valence-electron chi connectivity index (χ4n) is 2.50. The number of thioether (sulfide) groups is 1. The number of carboxylic acids is 1. The summed E-state index contributed by atoms with van der Waals surface area (Å²) in [6, 6.07) is 3.93. The third-order valence-corrected chi connectivity index (χ3v) is 4.79. The van der Waals surface area contributed by atoms with Gasteiger partial charge in [-0.15, -0.1) is 5.10 Å². The fraction of sp³-hybridized carbons (Fsp3) is 0.444. The quantitative estimate of drug-likeness (QED) is 0.412. The number of hydrogen-bond acceptors (Lipinski definition) is 6. The Morgan fingerprint density at radius 2 is 2.08 bits per heavy atom. The van der Waals surface area contributed by atoms with E-state index in [2.05, 4.69) is 22.4 Å².